The summed E-state index contributed by atoms with van der Waals surface area (Å²) in [6, 6.07) is 2.57. The van der Waals surface area contributed by atoms with E-state index in [4.69, 9.17) is 0 Å². The molecule has 8 heteroatoms. The SMILES string of the molecule is O=C(NCC1CN(S(=O)(=O)c2ccc(F)cc2F)CC12CCCCC2)C1CC1. The summed E-state index contributed by atoms with van der Waals surface area (Å²) >= 11 is 0. The third kappa shape index (κ3) is 3.68. The number of carbonyl (C=O) groups excluding carboxylic acids is 1. The van der Waals surface area contributed by atoms with Crippen molar-refractivity contribution in [3.05, 3.63) is 29.8 Å². The maximum absolute atomic E-state index is 14.2. The molecule has 0 aromatic heterocycles. The third-order valence-electron chi connectivity index (χ3n) is 6.61. The number of sulfonamides is 1. The first-order chi connectivity index (χ1) is 13.3. The summed E-state index contributed by atoms with van der Waals surface area (Å²) in [7, 11) is -4.06. The predicted octanol–water partition coefficient (Wildman–Crippen LogP) is 3.06. The van der Waals surface area contributed by atoms with E-state index >= 15 is 0 Å². The Kier molecular flexibility index (Phi) is 5.20. The number of hydrogen-bond acceptors (Lipinski definition) is 3. The summed E-state index contributed by atoms with van der Waals surface area (Å²) in [6.45, 7) is 1.04. The van der Waals surface area contributed by atoms with E-state index in [1.54, 1.807) is 0 Å². The molecule has 1 heterocycles. The van der Waals surface area contributed by atoms with E-state index in [-0.39, 0.29) is 29.7 Å². The Morgan fingerprint density at radius 3 is 2.54 bits per heavy atom. The molecule has 2 aliphatic carbocycles. The molecule has 1 amide bonds. The van der Waals surface area contributed by atoms with Crippen molar-refractivity contribution in [1.29, 1.82) is 0 Å². The molecule has 0 radical (unpaired) electrons. The lowest BCUT2D eigenvalue weighted by Crippen LogP contribution is -2.40. The number of nitrogens with zero attached hydrogens (tertiary/aromatic N) is 1. The molecule has 28 heavy (non-hydrogen) atoms. The lowest BCUT2D eigenvalue weighted by Gasteiger charge is -2.38. The summed E-state index contributed by atoms with van der Waals surface area (Å²) in [4.78, 5) is 11.6. The Labute approximate surface area is 164 Å². The zero-order valence-electron chi connectivity index (χ0n) is 15.8. The van der Waals surface area contributed by atoms with Crippen LogP contribution in [0, 0.1) is 28.9 Å². The van der Waals surface area contributed by atoms with Gasteiger partial charge in [-0.3, -0.25) is 4.79 Å². The zero-order chi connectivity index (χ0) is 19.9. The molecule has 1 aromatic rings. The minimum Gasteiger partial charge on any atom is -0.356 e. The van der Waals surface area contributed by atoms with E-state index in [0.717, 1.165) is 57.1 Å². The molecule has 3 fully saturated rings. The topological polar surface area (TPSA) is 66.5 Å². The van der Waals surface area contributed by atoms with Crippen LogP contribution >= 0.6 is 0 Å². The highest BCUT2D eigenvalue weighted by Gasteiger charge is 2.50. The molecule has 2 saturated carbocycles. The second kappa shape index (κ2) is 7.37. The Bertz CT molecular complexity index is 864. The zero-order valence-corrected chi connectivity index (χ0v) is 16.6. The van der Waals surface area contributed by atoms with Gasteiger partial charge in [0.2, 0.25) is 15.9 Å². The average Bonchev–Trinajstić information content (AvgIpc) is 3.44. The van der Waals surface area contributed by atoms with Crippen LogP contribution in [0.5, 0.6) is 0 Å². The average molecular weight is 413 g/mol. The molecule has 154 valence electrons. The Balaban J connectivity index is 1.57. The number of carbonyl (C=O) groups is 1. The molecule has 1 atom stereocenters. The number of benzene rings is 1. The van der Waals surface area contributed by atoms with Crippen LogP contribution in [0.2, 0.25) is 0 Å². The van der Waals surface area contributed by atoms with Gasteiger partial charge in [0.25, 0.3) is 0 Å². The first kappa shape index (κ1) is 19.8. The van der Waals surface area contributed by atoms with Crippen molar-refractivity contribution in [2.24, 2.45) is 17.3 Å². The number of rotatable bonds is 5. The van der Waals surface area contributed by atoms with Crippen molar-refractivity contribution in [2.45, 2.75) is 49.8 Å². The molecule has 4 rings (SSSR count). The van der Waals surface area contributed by atoms with Crippen molar-refractivity contribution in [2.75, 3.05) is 19.6 Å². The molecular weight excluding hydrogens is 386 g/mol. The number of halogens is 2. The second-order valence-electron chi connectivity index (χ2n) is 8.51. The highest BCUT2D eigenvalue weighted by atomic mass is 32.2. The molecule has 5 nitrogen and oxygen atoms in total. The van der Waals surface area contributed by atoms with Crippen LogP contribution in [0.3, 0.4) is 0 Å². The molecule has 1 unspecified atom stereocenters. The number of nitrogens with one attached hydrogen (secondary N) is 1. The van der Waals surface area contributed by atoms with Crippen LogP contribution in [0.15, 0.2) is 23.1 Å². The summed E-state index contributed by atoms with van der Waals surface area (Å²) < 4.78 is 54.9. The molecule has 1 aliphatic heterocycles. The molecule has 0 bridgehead atoms. The van der Waals surface area contributed by atoms with Gasteiger partial charge in [-0.05, 0) is 49.1 Å². The van der Waals surface area contributed by atoms with Crippen molar-refractivity contribution in [3.63, 3.8) is 0 Å². The number of amides is 1. The number of hydrogen-bond donors (Lipinski definition) is 1. The van der Waals surface area contributed by atoms with E-state index in [1.807, 2.05) is 0 Å². The molecule has 1 spiro atoms. The monoisotopic (exact) mass is 412 g/mol. The van der Waals surface area contributed by atoms with E-state index < -0.39 is 26.6 Å². The highest BCUT2D eigenvalue weighted by molar-refractivity contribution is 7.89. The fraction of sp³-hybridized carbons (Fsp3) is 0.650. The molecule has 1 N–H and O–H groups in total. The second-order valence-corrected chi connectivity index (χ2v) is 10.4. The van der Waals surface area contributed by atoms with Gasteiger partial charge in [0, 0.05) is 31.6 Å². The predicted molar refractivity (Wildman–Crippen MR) is 99.9 cm³/mol. The van der Waals surface area contributed by atoms with Crippen molar-refractivity contribution < 1.29 is 22.0 Å². The van der Waals surface area contributed by atoms with Gasteiger partial charge in [0.15, 0.2) is 0 Å². The van der Waals surface area contributed by atoms with E-state index in [9.17, 15) is 22.0 Å². The Morgan fingerprint density at radius 1 is 1.18 bits per heavy atom. The Hall–Kier alpha value is -1.54. The van der Waals surface area contributed by atoms with Gasteiger partial charge in [-0.2, -0.15) is 4.31 Å². The summed E-state index contributed by atoms with van der Waals surface area (Å²) in [5.41, 5.74) is -0.182. The largest absolute Gasteiger partial charge is 0.356 e. The van der Waals surface area contributed by atoms with Crippen LogP contribution in [0.4, 0.5) is 8.78 Å². The van der Waals surface area contributed by atoms with Gasteiger partial charge in [-0.1, -0.05) is 19.3 Å². The van der Waals surface area contributed by atoms with Gasteiger partial charge in [-0.15, -0.1) is 0 Å². The van der Waals surface area contributed by atoms with Gasteiger partial charge in [0.05, 0.1) is 0 Å². The normalized spacial score (nSPS) is 25.1. The van der Waals surface area contributed by atoms with Gasteiger partial charge in [-0.25, -0.2) is 17.2 Å². The summed E-state index contributed by atoms with van der Waals surface area (Å²) in [6.07, 6.45) is 6.86. The lowest BCUT2D eigenvalue weighted by molar-refractivity contribution is -0.122. The van der Waals surface area contributed by atoms with E-state index in [2.05, 4.69) is 5.32 Å². The highest BCUT2D eigenvalue weighted by Crippen LogP contribution is 2.48. The minimum absolute atomic E-state index is 0.00813. The molecular formula is C20H26F2N2O3S. The quantitative estimate of drug-likeness (QED) is 0.808. The first-order valence-electron chi connectivity index (χ1n) is 10.0. The van der Waals surface area contributed by atoms with Gasteiger partial charge < -0.3 is 5.32 Å². The smallest absolute Gasteiger partial charge is 0.246 e. The maximum atomic E-state index is 14.2. The molecule has 1 aromatic carbocycles. The van der Waals surface area contributed by atoms with E-state index in [0.29, 0.717) is 19.2 Å². The lowest BCUT2D eigenvalue weighted by atomic mass is 9.68. The van der Waals surface area contributed by atoms with Crippen molar-refractivity contribution >= 4 is 15.9 Å². The minimum atomic E-state index is -4.06. The van der Waals surface area contributed by atoms with Gasteiger partial charge >= 0.3 is 0 Å². The Morgan fingerprint density at radius 2 is 1.89 bits per heavy atom. The third-order valence-corrected chi connectivity index (χ3v) is 8.46. The molecule has 3 aliphatic rings. The van der Waals surface area contributed by atoms with Crippen LogP contribution < -0.4 is 5.32 Å². The maximum Gasteiger partial charge on any atom is 0.246 e. The summed E-state index contributed by atoms with van der Waals surface area (Å²) in [5.74, 6) is -1.70. The van der Waals surface area contributed by atoms with Crippen molar-refractivity contribution in [3.8, 4) is 0 Å². The van der Waals surface area contributed by atoms with Crippen LogP contribution in [0.25, 0.3) is 0 Å². The van der Waals surface area contributed by atoms with Crippen LogP contribution in [-0.2, 0) is 14.8 Å². The fourth-order valence-corrected chi connectivity index (χ4v) is 6.43. The van der Waals surface area contributed by atoms with Crippen LogP contribution in [-0.4, -0.2) is 38.3 Å². The molecule has 1 saturated heterocycles. The fourth-order valence-electron chi connectivity index (χ4n) is 4.81. The summed E-state index contributed by atoms with van der Waals surface area (Å²) in [5, 5.41) is 3.00. The van der Waals surface area contributed by atoms with Crippen LogP contribution in [0.1, 0.15) is 44.9 Å². The van der Waals surface area contributed by atoms with Crippen molar-refractivity contribution in [1.82, 2.24) is 9.62 Å². The van der Waals surface area contributed by atoms with Gasteiger partial charge in [0.1, 0.15) is 16.5 Å². The van der Waals surface area contributed by atoms with E-state index in [1.165, 1.54) is 4.31 Å². The standard InChI is InChI=1S/C20H26F2N2O3S/c21-16-6-7-18(17(22)10-16)28(26,27)24-12-15(11-23-19(25)14-4-5-14)20(13-24)8-2-1-3-9-20/h6-7,10,14-15H,1-5,8-9,11-13H2,(H,23,25). The first-order valence-corrected chi connectivity index (χ1v) is 11.5.